The molecule has 3 nitrogen and oxygen atoms in total. The lowest BCUT2D eigenvalue weighted by Crippen LogP contribution is -2.29. The molecule has 146 valence electrons. The van der Waals surface area contributed by atoms with Crippen LogP contribution in [0.15, 0.2) is 71.2 Å². The van der Waals surface area contributed by atoms with Gasteiger partial charge < -0.3 is 10.0 Å². The van der Waals surface area contributed by atoms with Crippen molar-refractivity contribution in [2.45, 2.75) is 19.8 Å². The second-order valence-electron chi connectivity index (χ2n) is 7.43. The van der Waals surface area contributed by atoms with Gasteiger partial charge in [0.05, 0.1) is 5.70 Å². The lowest BCUT2D eigenvalue weighted by atomic mass is 9.77. The first-order chi connectivity index (χ1) is 13.9. The number of benzene rings is 3. The zero-order chi connectivity index (χ0) is 20.7. The smallest absolute Gasteiger partial charge is 0.315 e. The summed E-state index contributed by atoms with van der Waals surface area (Å²) in [5.74, 6) is -1.58. The van der Waals surface area contributed by atoms with Crippen LogP contribution in [0.1, 0.15) is 33.7 Å². The number of fused-ring (bicyclic) bond motifs is 1. The molecule has 0 bridgehead atoms. The zero-order valence-electron chi connectivity index (χ0n) is 16.6. The maximum absolute atomic E-state index is 12.6. The summed E-state index contributed by atoms with van der Waals surface area (Å²) in [6.45, 7) is 4.09. The van der Waals surface area contributed by atoms with Gasteiger partial charge in [0.15, 0.2) is 0 Å². The molecule has 1 N–H and O–H groups in total. The third kappa shape index (κ3) is 3.28. The number of carboxylic acid groups (broad SMARTS) is 1. The Balaban J connectivity index is 2.14. The fourth-order valence-corrected chi connectivity index (χ4v) is 5.12. The van der Waals surface area contributed by atoms with E-state index in [4.69, 9.17) is 0 Å². The standard InChI is InChI=1S/C25H22BrNO2/c1-15-13-18(26)14-16(2)21(15)23-22(25(28)29)19-11-7-8-12-20(19)27(3)24(23)17-9-5-4-6-10-17/h4-14,22H,1-3H3,(H,28,29). The highest BCUT2D eigenvalue weighted by Gasteiger charge is 2.38. The van der Waals surface area contributed by atoms with Crippen LogP contribution in [0, 0.1) is 13.8 Å². The van der Waals surface area contributed by atoms with Crippen molar-refractivity contribution in [3.8, 4) is 0 Å². The molecule has 4 heteroatoms. The fraction of sp³-hybridized carbons (Fsp3) is 0.160. The van der Waals surface area contributed by atoms with Crippen molar-refractivity contribution in [2.24, 2.45) is 0 Å². The molecule has 0 fully saturated rings. The van der Waals surface area contributed by atoms with Crippen LogP contribution in [-0.2, 0) is 4.79 Å². The summed E-state index contributed by atoms with van der Waals surface area (Å²) in [7, 11) is 2.02. The van der Waals surface area contributed by atoms with Gasteiger partial charge in [0.25, 0.3) is 0 Å². The zero-order valence-corrected chi connectivity index (χ0v) is 18.2. The Kier molecular flexibility index (Phi) is 5.05. The van der Waals surface area contributed by atoms with Crippen LogP contribution in [0.25, 0.3) is 11.3 Å². The molecule has 1 aliphatic rings. The Labute approximate surface area is 179 Å². The van der Waals surface area contributed by atoms with E-state index in [1.54, 1.807) is 0 Å². The van der Waals surface area contributed by atoms with Gasteiger partial charge >= 0.3 is 5.97 Å². The number of para-hydroxylation sites is 1. The minimum absolute atomic E-state index is 0.740. The molecule has 0 aliphatic carbocycles. The summed E-state index contributed by atoms with van der Waals surface area (Å²) in [4.78, 5) is 14.7. The minimum atomic E-state index is -0.837. The average molecular weight is 448 g/mol. The molecule has 1 unspecified atom stereocenters. The number of carbonyl (C=O) groups is 1. The number of rotatable bonds is 3. The number of carboxylic acids is 1. The largest absolute Gasteiger partial charge is 0.481 e. The van der Waals surface area contributed by atoms with Gasteiger partial charge in [-0.25, -0.2) is 0 Å². The molecule has 3 aromatic rings. The van der Waals surface area contributed by atoms with E-state index in [0.717, 1.165) is 49.2 Å². The van der Waals surface area contributed by atoms with Crippen molar-refractivity contribution < 1.29 is 9.90 Å². The SMILES string of the molecule is Cc1cc(Br)cc(C)c1C1=C(c2ccccc2)N(C)c2ccccc2C1C(=O)O. The molecule has 4 rings (SSSR count). The second-order valence-corrected chi connectivity index (χ2v) is 8.35. The molecule has 0 aromatic heterocycles. The lowest BCUT2D eigenvalue weighted by Gasteiger charge is -2.37. The van der Waals surface area contributed by atoms with Crippen molar-refractivity contribution in [1.82, 2.24) is 0 Å². The molecule has 0 saturated carbocycles. The van der Waals surface area contributed by atoms with E-state index >= 15 is 0 Å². The molecule has 1 atom stereocenters. The summed E-state index contributed by atoms with van der Waals surface area (Å²) in [6, 6.07) is 21.9. The Hall–Kier alpha value is -2.85. The van der Waals surface area contributed by atoms with Crippen molar-refractivity contribution in [1.29, 1.82) is 0 Å². The van der Waals surface area contributed by atoms with Crippen LogP contribution in [0.2, 0.25) is 0 Å². The van der Waals surface area contributed by atoms with Crippen molar-refractivity contribution >= 4 is 38.9 Å². The fourth-order valence-electron chi connectivity index (χ4n) is 4.43. The molecule has 1 heterocycles. The molecule has 0 amide bonds. The first kappa shape index (κ1) is 19.5. The molecule has 0 spiro atoms. The number of hydrogen-bond acceptors (Lipinski definition) is 2. The summed E-state index contributed by atoms with van der Waals surface area (Å²) in [5, 5.41) is 10.3. The molecular weight excluding hydrogens is 426 g/mol. The van der Waals surface area contributed by atoms with Crippen LogP contribution >= 0.6 is 15.9 Å². The van der Waals surface area contributed by atoms with Crippen LogP contribution in [-0.4, -0.2) is 18.1 Å². The Bertz CT molecular complexity index is 1110. The van der Waals surface area contributed by atoms with Gasteiger partial charge in [-0.05, 0) is 59.9 Å². The van der Waals surface area contributed by atoms with E-state index < -0.39 is 11.9 Å². The number of aliphatic carboxylic acids is 1. The highest BCUT2D eigenvalue weighted by Crippen LogP contribution is 2.49. The summed E-state index contributed by atoms with van der Waals surface area (Å²) in [5.41, 5.74) is 7.64. The summed E-state index contributed by atoms with van der Waals surface area (Å²) in [6.07, 6.45) is 0. The van der Waals surface area contributed by atoms with E-state index in [0.29, 0.717) is 0 Å². The number of hydrogen-bond donors (Lipinski definition) is 1. The van der Waals surface area contributed by atoms with Crippen molar-refractivity contribution in [3.05, 3.63) is 99.0 Å². The maximum Gasteiger partial charge on any atom is 0.315 e. The van der Waals surface area contributed by atoms with Gasteiger partial charge in [-0.1, -0.05) is 64.5 Å². The van der Waals surface area contributed by atoms with E-state index in [-0.39, 0.29) is 0 Å². The van der Waals surface area contributed by atoms with Gasteiger partial charge in [0, 0.05) is 22.8 Å². The Morgan fingerprint density at radius 3 is 2.17 bits per heavy atom. The van der Waals surface area contributed by atoms with E-state index in [2.05, 4.69) is 33.0 Å². The van der Waals surface area contributed by atoms with Crippen LogP contribution < -0.4 is 4.90 Å². The third-order valence-corrected chi connectivity index (χ3v) is 6.01. The number of aryl methyl sites for hydroxylation is 2. The number of halogens is 1. The van der Waals surface area contributed by atoms with Gasteiger partial charge in [-0.2, -0.15) is 0 Å². The second kappa shape index (κ2) is 7.53. The van der Waals surface area contributed by atoms with Gasteiger partial charge in [-0.15, -0.1) is 0 Å². The summed E-state index contributed by atoms with van der Waals surface area (Å²) >= 11 is 3.57. The first-order valence-corrected chi connectivity index (χ1v) is 10.3. The maximum atomic E-state index is 12.6. The quantitative estimate of drug-likeness (QED) is 0.515. The highest BCUT2D eigenvalue weighted by atomic mass is 79.9. The molecule has 29 heavy (non-hydrogen) atoms. The lowest BCUT2D eigenvalue weighted by molar-refractivity contribution is -0.137. The molecule has 0 radical (unpaired) electrons. The monoisotopic (exact) mass is 447 g/mol. The number of anilines is 1. The predicted molar refractivity (Wildman–Crippen MR) is 122 cm³/mol. The molecule has 3 aromatic carbocycles. The van der Waals surface area contributed by atoms with Gasteiger partial charge in [0.2, 0.25) is 0 Å². The topological polar surface area (TPSA) is 40.5 Å². The summed E-state index contributed by atoms with van der Waals surface area (Å²) < 4.78 is 0.995. The number of nitrogens with zero attached hydrogens (tertiary/aromatic N) is 1. The van der Waals surface area contributed by atoms with E-state index in [1.165, 1.54) is 0 Å². The molecular formula is C25H22BrNO2. The Morgan fingerprint density at radius 2 is 1.55 bits per heavy atom. The minimum Gasteiger partial charge on any atom is -0.481 e. The predicted octanol–water partition coefficient (Wildman–Crippen LogP) is 6.25. The highest BCUT2D eigenvalue weighted by molar-refractivity contribution is 9.10. The van der Waals surface area contributed by atoms with Crippen LogP contribution in [0.4, 0.5) is 5.69 Å². The average Bonchev–Trinajstić information content (AvgIpc) is 2.68. The van der Waals surface area contributed by atoms with Gasteiger partial charge in [-0.3, -0.25) is 4.79 Å². The van der Waals surface area contributed by atoms with Crippen LogP contribution in [0.3, 0.4) is 0 Å². The van der Waals surface area contributed by atoms with E-state index in [1.807, 2.05) is 75.5 Å². The van der Waals surface area contributed by atoms with Crippen molar-refractivity contribution in [3.63, 3.8) is 0 Å². The van der Waals surface area contributed by atoms with Gasteiger partial charge in [0.1, 0.15) is 5.92 Å². The molecule has 0 saturated heterocycles. The van der Waals surface area contributed by atoms with Crippen LogP contribution in [0.5, 0.6) is 0 Å². The van der Waals surface area contributed by atoms with Crippen molar-refractivity contribution in [2.75, 3.05) is 11.9 Å². The third-order valence-electron chi connectivity index (χ3n) is 5.55. The molecule has 1 aliphatic heterocycles. The normalized spacial score (nSPS) is 16.0. The van der Waals surface area contributed by atoms with E-state index in [9.17, 15) is 9.90 Å². The first-order valence-electron chi connectivity index (χ1n) is 9.52. The Morgan fingerprint density at radius 1 is 0.966 bits per heavy atom.